The van der Waals surface area contributed by atoms with Crippen LogP contribution in [0.3, 0.4) is 0 Å². The van der Waals surface area contributed by atoms with E-state index in [1.807, 2.05) is 57.2 Å². The van der Waals surface area contributed by atoms with Gasteiger partial charge in [-0.15, -0.1) is 11.3 Å². The first kappa shape index (κ1) is 14.2. The Morgan fingerprint density at radius 2 is 1.68 bits per heavy atom. The van der Waals surface area contributed by atoms with Gasteiger partial charge in [0.2, 0.25) is 0 Å². The van der Waals surface area contributed by atoms with Crippen LogP contribution in [0.4, 0.5) is 0 Å². The molecule has 0 bridgehead atoms. The maximum atomic E-state index is 12.3. The van der Waals surface area contributed by atoms with Gasteiger partial charge in [0.25, 0.3) is 10.0 Å². The molecular formula is C14H17NO2S2. The number of thiophene rings is 1. The number of benzene rings is 1. The number of rotatable bonds is 4. The summed E-state index contributed by atoms with van der Waals surface area (Å²) in [4.78, 5) is 0.984. The highest BCUT2D eigenvalue weighted by Crippen LogP contribution is 2.26. The van der Waals surface area contributed by atoms with Gasteiger partial charge in [0.1, 0.15) is 4.21 Å². The van der Waals surface area contributed by atoms with Gasteiger partial charge in [0.15, 0.2) is 0 Å². The molecule has 0 saturated carbocycles. The molecule has 0 amide bonds. The molecule has 5 heteroatoms. The summed E-state index contributed by atoms with van der Waals surface area (Å²) in [5.74, 6) is 0. The Morgan fingerprint density at radius 1 is 1.05 bits per heavy atom. The Labute approximate surface area is 118 Å². The average molecular weight is 295 g/mol. The molecule has 2 rings (SSSR count). The molecule has 0 aliphatic carbocycles. The molecular weight excluding hydrogens is 278 g/mol. The monoisotopic (exact) mass is 295 g/mol. The van der Waals surface area contributed by atoms with E-state index in [1.165, 1.54) is 11.3 Å². The molecule has 2 aromatic rings. The number of aryl methyl sites for hydroxylation is 1. The van der Waals surface area contributed by atoms with Crippen molar-refractivity contribution in [2.75, 3.05) is 0 Å². The third-order valence-corrected chi connectivity index (χ3v) is 6.01. The third-order valence-electron chi connectivity index (χ3n) is 2.87. The summed E-state index contributed by atoms with van der Waals surface area (Å²) in [6, 6.07) is 13.0. The van der Waals surface area contributed by atoms with Crippen LogP contribution in [0, 0.1) is 6.92 Å². The summed E-state index contributed by atoms with van der Waals surface area (Å²) in [6.45, 7) is 5.62. The Morgan fingerprint density at radius 3 is 2.21 bits per heavy atom. The first-order valence-electron chi connectivity index (χ1n) is 5.97. The summed E-state index contributed by atoms with van der Waals surface area (Å²) in [5.41, 5.74) is 0.296. The number of sulfonamides is 1. The molecule has 0 atom stereocenters. The van der Waals surface area contributed by atoms with Crippen molar-refractivity contribution in [1.82, 2.24) is 4.72 Å². The van der Waals surface area contributed by atoms with Crippen LogP contribution in [0.15, 0.2) is 46.7 Å². The molecule has 0 aliphatic rings. The molecule has 1 aromatic heterocycles. The Kier molecular flexibility index (Phi) is 3.80. The van der Waals surface area contributed by atoms with Gasteiger partial charge >= 0.3 is 0 Å². The molecule has 102 valence electrons. The molecule has 3 nitrogen and oxygen atoms in total. The highest BCUT2D eigenvalue weighted by atomic mass is 32.2. The minimum atomic E-state index is -3.48. The van der Waals surface area contributed by atoms with Crippen molar-refractivity contribution in [3.05, 3.63) is 52.9 Å². The fraction of sp³-hybridized carbons (Fsp3) is 0.286. The average Bonchev–Trinajstić information content (AvgIpc) is 2.77. The third kappa shape index (κ3) is 3.23. The van der Waals surface area contributed by atoms with Crippen LogP contribution in [0.1, 0.15) is 24.3 Å². The topological polar surface area (TPSA) is 46.2 Å². The molecule has 0 aliphatic heterocycles. The first-order chi connectivity index (χ1) is 8.81. The SMILES string of the molecule is Cc1ccc(S(=O)(=O)NC(C)(C)c2ccccc2)s1. The maximum absolute atomic E-state index is 12.3. The molecule has 1 heterocycles. The predicted octanol–water partition coefficient (Wildman–Crippen LogP) is 3.27. The maximum Gasteiger partial charge on any atom is 0.250 e. The normalized spacial score (nSPS) is 12.6. The predicted molar refractivity (Wildman–Crippen MR) is 78.8 cm³/mol. The molecule has 1 aromatic carbocycles. The van der Waals surface area contributed by atoms with E-state index < -0.39 is 15.6 Å². The fourth-order valence-electron chi connectivity index (χ4n) is 1.86. The first-order valence-corrected chi connectivity index (χ1v) is 8.27. The second-order valence-electron chi connectivity index (χ2n) is 4.96. The summed E-state index contributed by atoms with van der Waals surface area (Å²) in [7, 11) is -3.48. The lowest BCUT2D eigenvalue weighted by Crippen LogP contribution is -2.40. The molecule has 0 radical (unpaired) electrons. The van der Waals surface area contributed by atoms with Crippen molar-refractivity contribution in [3.8, 4) is 0 Å². The van der Waals surface area contributed by atoms with Crippen molar-refractivity contribution in [1.29, 1.82) is 0 Å². The largest absolute Gasteiger partial charge is 0.250 e. The lowest BCUT2D eigenvalue weighted by atomic mass is 9.96. The Bertz CT molecular complexity index is 658. The van der Waals surface area contributed by atoms with Gasteiger partial charge < -0.3 is 0 Å². The van der Waals surface area contributed by atoms with Crippen LogP contribution in [-0.2, 0) is 15.6 Å². The summed E-state index contributed by atoms with van der Waals surface area (Å²) in [6.07, 6.45) is 0. The minimum Gasteiger partial charge on any atom is -0.206 e. The van der Waals surface area contributed by atoms with Crippen molar-refractivity contribution < 1.29 is 8.42 Å². The van der Waals surface area contributed by atoms with Crippen LogP contribution < -0.4 is 4.72 Å². The number of hydrogen-bond donors (Lipinski definition) is 1. The molecule has 0 fully saturated rings. The minimum absolute atomic E-state index is 0.356. The van der Waals surface area contributed by atoms with Gasteiger partial charge in [-0.1, -0.05) is 30.3 Å². The fourth-order valence-corrected chi connectivity index (χ4v) is 4.54. The van der Waals surface area contributed by atoms with Crippen molar-refractivity contribution >= 4 is 21.4 Å². The zero-order chi connectivity index (χ0) is 14.1. The summed E-state index contributed by atoms with van der Waals surface area (Å²) >= 11 is 1.28. The summed E-state index contributed by atoms with van der Waals surface area (Å²) in [5, 5.41) is 0. The highest BCUT2D eigenvalue weighted by Gasteiger charge is 2.28. The van der Waals surface area contributed by atoms with E-state index in [2.05, 4.69) is 4.72 Å². The van der Waals surface area contributed by atoms with Gasteiger partial charge in [0.05, 0.1) is 5.54 Å². The van der Waals surface area contributed by atoms with Crippen molar-refractivity contribution in [2.24, 2.45) is 0 Å². The van der Waals surface area contributed by atoms with Crippen LogP contribution in [0.5, 0.6) is 0 Å². The molecule has 1 N–H and O–H groups in total. The molecule has 0 spiro atoms. The van der Waals surface area contributed by atoms with Crippen LogP contribution in [-0.4, -0.2) is 8.42 Å². The summed E-state index contributed by atoms with van der Waals surface area (Å²) < 4.78 is 27.8. The van der Waals surface area contributed by atoms with Crippen LogP contribution >= 0.6 is 11.3 Å². The van der Waals surface area contributed by atoms with E-state index in [0.29, 0.717) is 4.21 Å². The van der Waals surface area contributed by atoms with E-state index in [4.69, 9.17) is 0 Å². The van der Waals surface area contributed by atoms with Crippen LogP contribution in [0.2, 0.25) is 0 Å². The zero-order valence-electron chi connectivity index (χ0n) is 11.2. The van der Waals surface area contributed by atoms with Gasteiger partial charge in [-0.3, -0.25) is 0 Å². The highest BCUT2D eigenvalue weighted by molar-refractivity contribution is 7.91. The van der Waals surface area contributed by atoms with E-state index in [9.17, 15) is 8.42 Å². The Balaban J connectivity index is 2.30. The smallest absolute Gasteiger partial charge is 0.206 e. The Hall–Kier alpha value is -1.17. The molecule has 0 unspecified atom stereocenters. The van der Waals surface area contributed by atoms with Crippen molar-refractivity contribution in [3.63, 3.8) is 0 Å². The lowest BCUT2D eigenvalue weighted by molar-refractivity contribution is 0.473. The standard InChI is InChI=1S/C14H17NO2S2/c1-11-9-10-13(18-11)19(16,17)15-14(2,3)12-7-5-4-6-8-12/h4-10,15H,1-3H3. The van der Waals surface area contributed by atoms with E-state index in [1.54, 1.807) is 6.07 Å². The van der Waals surface area contributed by atoms with Gasteiger partial charge in [-0.2, -0.15) is 0 Å². The zero-order valence-corrected chi connectivity index (χ0v) is 12.8. The number of nitrogens with one attached hydrogen (secondary N) is 1. The van der Waals surface area contributed by atoms with Gasteiger partial charge in [-0.25, -0.2) is 13.1 Å². The van der Waals surface area contributed by atoms with Crippen LogP contribution in [0.25, 0.3) is 0 Å². The molecule has 0 saturated heterocycles. The van der Waals surface area contributed by atoms with E-state index in [0.717, 1.165) is 10.4 Å². The quantitative estimate of drug-likeness (QED) is 0.941. The molecule has 19 heavy (non-hydrogen) atoms. The number of hydrogen-bond acceptors (Lipinski definition) is 3. The second-order valence-corrected chi connectivity index (χ2v) is 8.16. The lowest BCUT2D eigenvalue weighted by Gasteiger charge is -2.26. The van der Waals surface area contributed by atoms with Crippen molar-refractivity contribution in [2.45, 2.75) is 30.5 Å². The van der Waals surface area contributed by atoms with E-state index in [-0.39, 0.29) is 0 Å². The second kappa shape index (κ2) is 5.07. The van der Waals surface area contributed by atoms with Gasteiger partial charge in [0, 0.05) is 4.88 Å². The van der Waals surface area contributed by atoms with Gasteiger partial charge in [-0.05, 0) is 38.5 Å². The van der Waals surface area contributed by atoms with E-state index >= 15 is 0 Å².